The largest absolute Gasteiger partial charge is 0.508 e. The molecule has 0 amide bonds. The van der Waals surface area contributed by atoms with Gasteiger partial charge in [-0.05, 0) is 25.0 Å². The lowest BCUT2D eigenvalue weighted by Crippen LogP contribution is -2.37. The minimum Gasteiger partial charge on any atom is -0.508 e. The third-order valence-corrected chi connectivity index (χ3v) is 7.82. The van der Waals surface area contributed by atoms with Crippen LogP contribution in [0.3, 0.4) is 0 Å². The number of H-pyrrole nitrogens is 1. The van der Waals surface area contributed by atoms with Gasteiger partial charge < -0.3 is 19.1 Å². The molecule has 0 fully saturated rings. The van der Waals surface area contributed by atoms with Gasteiger partial charge in [-0.1, -0.05) is 51.0 Å². The molecule has 3 rings (SSSR count). The number of aromatic nitrogens is 2. The summed E-state index contributed by atoms with van der Waals surface area (Å²) in [5.74, 6) is -2.27. The molecule has 1 aromatic heterocycles. The number of esters is 1. The summed E-state index contributed by atoms with van der Waals surface area (Å²) in [6.45, 7) is 9.22. The molecule has 1 aromatic carbocycles. The quantitative estimate of drug-likeness (QED) is 0.169. The highest BCUT2D eigenvalue weighted by Crippen LogP contribution is 2.48. The van der Waals surface area contributed by atoms with E-state index in [9.17, 15) is 28.4 Å². The number of halogens is 1. The summed E-state index contributed by atoms with van der Waals surface area (Å²) >= 11 is 0. The van der Waals surface area contributed by atoms with E-state index in [1.807, 2.05) is 13.8 Å². The van der Waals surface area contributed by atoms with Crippen molar-refractivity contribution in [3.8, 4) is 5.75 Å². The van der Waals surface area contributed by atoms with E-state index >= 15 is 0 Å². The number of ether oxygens (including phenoxy) is 2. The Bertz CT molecular complexity index is 1390. The molecule has 14 heteroatoms. The zero-order valence-electron chi connectivity index (χ0n) is 22.4. The third-order valence-electron chi connectivity index (χ3n) is 6.16. The lowest BCUT2D eigenvalue weighted by atomic mass is 10.1. The first-order valence-corrected chi connectivity index (χ1v) is 14.2. The van der Waals surface area contributed by atoms with Gasteiger partial charge in [-0.25, -0.2) is 9.36 Å². The number of benzene rings is 1. The Hall–Kier alpha value is -3.67. The molecule has 0 unspecified atom stereocenters. The van der Waals surface area contributed by atoms with Gasteiger partial charge in [0.15, 0.2) is 12.0 Å². The number of para-hydroxylation sites is 1. The Morgan fingerprint density at radius 1 is 1.32 bits per heavy atom. The maximum Gasteiger partial charge on any atom is 0.460 e. The van der Waals surface area contributed by atoms with Crippen LogP contribution in [0, 0.1) is 11.7 Å². The van der Waals surface area contributed by atoms with E-state index in [-0.39, 0.29) is 30.5 Å². The molecule has 0 bridgehead atoms. The molecule has 40 heavy (non-hydrogen) atoms. The normalized spacial score (nSPS) is 18.1. The fourth-order valence-corrected chi connectivity index (χ4v) is 5.38. The number of hydrogen-bond donors (Lipinski definition) is 3. The zero-order chi connectivity index (χ0) is 29.4. The number of nitrogens with one attached hydrogen (secondary N) is 2. The molecule has 0 saturated carbocycles. The maximum absolute atomic E-state index is 14.0. The first-order chi connectivity index (χ1) is 19.0. The smallest absolute Gasteiger partial charge is 0.460 e. The maximum atomic E-state index is 14.0. The van der Waals surface area contributed by atoms with E-state index in [1.165, 1.54) is 19.1 Å². The number of hydrogen-bond acceptors (Lipinski definition) is 9. The first kappa shape index (κ1) is 30.9. The lowest BCUT2D eigenvalue weighted by Gasteiger charge is -2.26. The topological polar surface area (TPSA) is 158 Å². The van der Waals surface area contributed by atoms with Crippen LogP contribution in [-0.4, -0.2) is 39.4 Å². The van der Waals surface area contributed by atoms with E-state index in [4.69, 9.17) is 18.5 Å². The Kier molecular flexibility index (Phi) is 10.5. The Morgan fingerprint density at radius 2 is 2.00 bits per heavy atom. The van der Waals surface area contributed by atoms with Gasteiger partial charge in [-0.3, -0.25) is 23.7 Å². The van der Waals surface area contributed by atoms with Gasteiger partial charge in [0.1, 0.15) is 23.7 Å². The van der Waals surface area contributed by atoms with E-state index < -0.39 is 54.9 Å². The van der Waals surface area contributed by atoms with Gasteiger partial charge in [0.25, 0.3) is 5.56 Å². The summed E-state index contributed by atoms with van der Waals surface area (Å²) in [6, 6.07) is 6.90. The Balaban J connectivity index is 1.82. The van der Waals surface area contributed by atoms with Crippen molar-refractivity contribution in [3.63, 3.8) is 0 Å². The van der Waals surface area contributed by atoms with E-state index in [0.717, 1.165) is 23.5 Å². The fourth-order valence-electron chi connectivity index (χ4n) is 3.77. The van der Waals surface area contributed by atoms with Crippen LogP contribution >= 0.6 is 7.75 Å². The molecule has 2 aromatic rings. The van der Waals surface area contributed by atoms with Crippen molar-refractivity contribution in [1.82, 2.24) is 14.6 Å². The molecular formula is C26H33FN3O9P. The van der Waals surface area contributed by atoms with E-state index in [1.54, 1.807) is 23.2 Å². The van der Waals surface area contributed by atoms with Crippen LogP contribution in [0.2, 0.25) is 0 Å². The van der Waals surface area contributed by atoms with Gasteiger partial charge in [0.2, 0.25) is 5.82 Å². The molecule has 4 atom stereocenters. The minimum atomic E-state index is -4.40. The number of aromatic amines is 1. The van der Waals surface area contributed by atoms with Gasteiger partial charge in [-0.2, -0.15) is 9.48 Å². The highest BCUT2D eigenvalue weighted by atomic mass is 31.2. The molecule has 12 nitrogen and oxygen atoms in total. The molecule has 218 valence electrons. The van der Waals surface area contributed by atoms with E-state index in [2.05, 4.69) is 11.7 Å². The molecule has 3 N–H and O–H groups in total. The van der Waals surface area contributed by atoms with Crippen molar-refractivity contribution in [1.29, 1.82) is 0 Å². The van der Waals surface area contributed by atoms with Crippen molar-refractivity contribution in [3.05, 3.63) is 87.4 Å². The van der Waals surface area contributed by atoms with Gasteiger partial charge >= 0.3 is 19.4 Å². The van der Waals surface area contributed by atoms with Gasteiger partial charge in [-0.15, -0.1) is 6.58 Å². The van der Waals surface area contributed by atoms with Crippen LogP contribution in [0.1, 0.15) is 46.3 Å². The van der Waals surface area contributed by atoms with Crippen molar-refractivity contribution in [2.24, 2.45) is 5.92 Å². The van der Waals surface area contributed by atoms with Crippen LogP contribution in [0.5, 0.6) is 5.75 Å². The predicted octanol–water partition coefficient (Wildman–Crippen LogP) is 4.08. The van der Waals surface area contributed by atoms with Crippen molar-refractivity contribution >= 4 is 13.7 Å². The number of carbonyl (C=O) groups is 1. The summed E-state index contributed by atoms with van der Waals surface area (Å²) in [4.78, 5) is 38.0. The number of rotatable bonds is 14. The molecule has 0 saturated heterocycles. The number of carbonyl (C=O) groups excluding carboxylic acids is 1. The summed E-state index contributed by atoms with van der Waals surface area (Å²) in [6.07, 6.45) is 0.495. The van der Waals surface area contributed by atoms with Crippen LogP contribution in [-0.2, 0) is 23.4 Å². The van der Waals surface area contributed by atoms with Crippen LogP contribution < -0.4 is 20.9 Å². The number of aliphatic hydroxyl groups is 1. The molecule has 0 aliphatic carbocycles. The lowest BCUT2D eigenvalue weighted by molar-refractivity contribution is -0.146. The van der Waals surface area contributed by atoms with Crippen LogP contribution in [0.4, 0.5) is 4.39 Å². The second-order valence-electron chi connectivity index (χ2n) is 9.06. The molecule has 1 aliphatic rings. The highest BCUT2D eigenvalue weighted by Gasteiger charge is 2.40. The van der Waals surface area contributed by atoms with Crippen LogP contribution in [0.25, 0.3) is 0 Å². The summed E-state index contributed by atoms with van der Waals surface area (Å²) < 4.78 is 50.9. The Labute approximate surface area is 230 Å². The molecular weight excluding hydrogens is 548 g/mol. The standard InChI is InChI=1S/C26H33FN3O9P/c1-5-17(6-2)15-36-25(33)16(4)29-40(35,38-18-11-9-8-10-12-18)39-21(7-3)23-20(31)13-22(37-23)30-14-19(27)24(32)28-26(30)34/h7-12,14,16-17,21-22,31H,3,5-6,13,15H2,1-2,4H3,(H,29,35)(H,28,32,34)/t16-,21+,22+,40-/m0/s1. The summed E-state index contributed by atoms with van der Waals surface area (Å²) in [5, 5.41) is 13.1. The minimum absolute atomic E-state index is 0.150. The number of nitrogens with zero attached hydrogens (tertiary/aromatic N) is 1. The fraction of sp³-hybridized carbons (Fsp3) is 0.423. The Morgan fingerprint density at radius 3 is 2.62 bits per heavy atom. The van der Waals surface area contributed by atoms with E-state index in [0.29, 0.717) is 6.20 Å². The summed E-state index contributed by atoms with van der Waals surface area (Å²) in [7, 11) is -4.40. The second kappa shape index (κ2) is 13.6. The number of aliphatic hydroxyl groups excluding tert-OH is 1. The van der Waals surface area contributed by atoms with Gasteiger partial charge in [0.05, 0.1) is 19.2 Å². The van der Waals surface area contributed by atoms with Crippen LogP contribution in [0.15, 0.2) is 70.3 Å². The zero-order valence-corrected chi connectivity index (χ0v) is 23.3. The average molecular weight is 582 g/mol. The molecule has 2 heterocycles. The van der Waals surface area contributed by atoms with Crippen molar-refractivity contribution < 1.29 is 37.4 Å². The third kappa shape index (κ3) is 7.71. The average Bonchev–Trinajstić information content (AvgIpc) is 3.31. The summed E-state index contributed by atoms with van der Waals surface area (Å²) in [5.41, 5.74) is -2.18. The van der Waals surface area contributed by atoms with Gasteiger partial charge in [0, 0.05) is 0 Å². The molecule has 0 spiro atoms. The van der Waals surface area contributed by atoms with Crippen molar-refractivity contribution in [2.45, 2.75) is 58.4 Å². The second-order valence-corrected chi connectivity index (χ2v) is 10.7. The SMILES string of the molecule is C=C[C@@H](O[P@](=O)(N[C@@H](C)C(=O)OCC(CC)CC)Oc1ccccc1)C1=C(O)C[C@H](n2cc(F)c(=O)[nH]c2=O)O1. The highest BCUT2D eigenvalue weighted by molar-refractivity contribution is 7.52. The molecule has 1 aliphatic heterocycles. The van der Waals surface area contributed by atoms with Crippen molar-refractivity contribution in [2.75, 3.05) is 6.61 Å². The predicted molar refractivity (Wildman–Crippen MR) is 143 cm³/mol. The first-order valence-electron chi connectivity index (χ1n) is 12.7. The monoisotopic (exact) mass is 581 g/mol. The molecule has 0 radical (unpaired) electrons.